The van der Waals surface area contributed by atoms with Crippen molar-refractivity contribution in [2.45, 2.75) is 46.5 Å². The number of amides is 2. The van der Waals surface area contributed by atoms with Gasteiger partial charge >= 0.3 is 0 Å². The zero-order valence-electron chi connectivity index (χ0n) is 18.9. The lowest BCUT2D eigenvalue weighted by Gasteiger charge is -2.18. The van der Waals surface area contributed by atoms with Crippen LogP contribution >= 0.6 is 0 Å². The largest absolute Gasteiger partial charge is 0.494 e. The molecule has 0 radical (unpaired) electrons. The molecule has 6 nitrogen and oxygen atoms in total. The van der Waals surface area contributed by atoms with E-state index in [-0.39, 0.29) is 18.4 Å². The minimum absolute atomic E-state index is 0.00277. The zero-order valence-corrected chi connectivity index (χ0v) is 18.9. The molecule has 0 saturated heterocycles. The molecule has 2 aromatic carbocycles. The Morgan fingerprint density at radius 1 is 0.903 bits per heavy atom. The fourth-order valence-electron chi connectivity index (χ4n) is 3.19. The molecule has 2 amide bonds. The van der Waals surface area contributed by atoms with E-state index in [4.69, 9.17) is 4.74 Å². The number of ether oxygens (including phenoxy) is 1. The van der Waals surface area contributed by atoms with Gasteiger partial charge in [-0.1, -0.05) is 32.3 Å². The number of carbonyl (C=O) groups is 2. The molecule has 0 bridgehead atoms. The Morgan fingerprint density at radius 2 is 1.65 bits per heavy atom. The van der Waals surface area contributed by atoms with Crippen molar-refractivity contribution in [2.75, 3.05) is 36.9 Å². The average Bonchev–Trinajstić information content (AvgIpc) is 2.79. The van der Waals surface area contributed by atoms with Crippen molar-refractivity contribution in [3.63, 3.8) is 0 Å². The first kappa shape index (κ1) is 24.3. The SMILES string of the molecule is CCCCCCOc1cccc(NCC(=O)Nc2ccc(C(=O)N(CC)CC)cc2)c1. The zero-order chi connectivity index (χ0) is 22.5. The molecule has 0 aromatic heterocycles. The molecule has 0 aliphatic carbocycles. The van der Waals surface area contributed by atoms with Crippen LogP contribution < -0.4 is 15.4 Å². The summed E-state index contributed by atoms with van der Waals surface area (Å²) in [4.78, 5) is 26.4. The number of carbonyl (C=O) groups excluding carboxylic acids is 2. The molecule has 2 rings (SSSR count). The Kier molecular flexibility index (Phi) is 10.4. The second-order valence-corrected chi connectivity index (χ2v) is 7.39. The second-order valence-electron chi connectivity index (χ2n) is 7.39. The van der Waals surface area contributed by atoms with Gasteiger partial charge in [0, 0.05) is 36.1 Å². The van der Waals surface area contributed by atoms with E-state index in [1.807, 2.05) is 38.1 Å². The van der Waals surface area contributed by atoms with Crippen LogP contribution in [0.5, 0.6) is 5.75 Å². The number of rotatable bonds is 13. The van der Waals surface area contributed by atoms with Crippen LogP contribution in [0.25, 0.3) is 0 Å². The van der Waals surface area contributed by atoms with Crippen molar-refractivity contribution in [2.24, 2.45) is 0 Å². The summed E-state index contributed by atoms with van der Waals surface area (Å²) in [5, 5.41) is 5.97. The third-order valence-corrected chi connectivity index (χ3v) is 5.02. The highest BCUT2D eigenvalue weighted by atomic mass is 16.5. The summed E-state index contributed by atoms with van der Waals surface area (Å²) in [7, 11) is 0. The first-order valence-corrected chi connectivity index (χ1v) is 11.2. The van der Waals surface area contributed by atoms with E-state index in [1.54, 1.807) is 29.2 Å². The number of nitrogens with zero attached hydrogens (tertiary/aromatic N) is 1. The number of hydrogen-bond acceptors (Lipinski definition) is 4. The van der Waals surface area contributed by atoms with Gasteiger partial charge in [0.05, 0.1) is 13.2 Å². The van der Waals surface area contributed by atoms with Gasteiger partial charge in [-0.3, -0.25) is 9.59 Å². The molecule has 0 aliphatic rings. The van der Waals surface area contributed by atoms with E-state index in [9.17, 15) is 9.59 Å². The maximum Gasteiger partial charge on any atom is 0.253 e. The summed E-state index contributed by atoms with van der Waals surface area (Å²) in [5.74, 6) is 0.640. The first-order valence-electron chi connectivity index (χ1n) is 11.2. The Morgan fingerprint density at radius 3 is 2.32 bits per heavy atom. The van der Waals surface area contributed by atoms with E-state index >= 15 is 0 Å². The monoisotopic (exact) mass is 425 g/mol. The van der Waals surface area contributed by atoms with Crippen LogP contribution in [0.15, 0.2) is 48.5 Å². The molecule has 6 heteroatoms. The Bertz CT molecular complexity index is 817. The van der Waals surface area contributed by atoms with E-state index in [0.29, 0.717) is 30.9 Å². The van der Waals surface area contributed by atoms with Crippen LogP contribution in [0, 0.1) is 0 Å². The van der Waals surface area contributed by atoms with Gasteiger partial charge in [0.2, 0.25) is 5.91 Å². The van der Waals surface area contributed by atoms with Crippen molar-refractivity contribution in [3.05, 3.63) is 54.1 Å². The summed E-state index contributed by atoms with van der Waals surface area (Å²) in [6.45, 7) is 8.29. The highest BCUT2D eigenvalue weighted by Crippen LogP contribution is 2.18. The molecule has 0 spiro atoms. The molecule has 0 aliphatic heterocycles. The molecule has 31 heavy (non-hydrogen) atoms. The standard InChI is InChI=1S/C25H35N3O3/c1-4-7-8-9-17-31-23-12-10-11-22(18-23)26-19-24(29)27-21-15-13-20(14-16-21)25(30)28(5-2)6-3/h10-16,18,26H,4-9,17,19H2,1-3H3,(H,27,29). The van der Waals surface area contributed by atoms with Gasteiger partial charge in [-0.15, -0.1) is 0 Å². The normalized spacial score (nSPS) is 10.4. The molecule has 0 saturated carbocycles. The van der Waals surface area contributed by atoms with Gasteiger partial charge in [0.25, 0.3) is 5.91 Å². The van der Waals surface area contributed by atoms with Gasteiger partial charge in [0.1, 0.15) is 5.75 Å². The number of unbranched alkanes of at least 4 members (excludes halogenated alkanes) is 3. The molecule has 2 aromatic rings. The molecule has 0 unspecified atom stereocenters. The molecule has 0 heterocycles. The molecular weight excluding hydrogens is 390 g/mol. The molecule has 0 fully saturated rings. The van der Waals surface area contributed by atoms with Crippen molar-refractivity contribution >= 4 is 23.2 Å². The quantitative estimate of drug-likeness (QED) is 0.434. The maximum absolute atomic E-state index is 12.4. The predicted molar refractivity (Wildman–Crippen MR) is 127 cm³/mol. The third-order valence-electron chi connectivity index (χ3n) is 5.02. The summed E-state index contributed by atoms with van der Waals surface area (Å²) in [6, 6.07) is 14.6. The lowest BCUT2D eigenvalue weighted by atomic mass is 10.1. The molecule has 168 valence electrons. The van der Waals surface area contributed by atoms with Crippen LogP contribution in [-0.2, 0) is 4.79 Å². The fraction of sp³-hybridized carbons (Fsp3) is 0.440. The number of nitrogens with one attached hydrogen (secondary N) is 2. The highest BCUT2D eigenvalue weighted by molar-refractivity contribution is 5.96. The lowest BCUT2D eigenvalue weighted by molar-refractivity contribution is -0.114. The average molecular weight is 426 g/mol. The molecule has 0 atom stereocenters. The number of anilines is 2. The van der Waals surface area contributed by atoms with Crippen LogP contribution in [0.2, 0.25) is 0 Å². The van der Waals surface area contributed by atoms with Crippen molar-refractivity contribution < 1.29 is 14.3 Å². The van der Waals surface area contributed by atoms with E-state index in [1.165, 1.54) is 19.3 Å². The van der Waals surface area contributed by atoms with Gasteiger partial charge in [0.15, 0.2) is 0 Å². The Labute approximate surface area is 186 Å². The van der Waals surface area contributed by atoms with Gasteiger partial charge < -0.3 is 20.3 Å². The Hall–Kier alpha value is -3.02. The van der Waals surface area contributed by atoms with Crippen LogP contribution in [-0.4, -0.2) is 43.0 Å². The van der Waals surface area contributed by atoms with Crippen molar-refractivity contribution in [1.82, 2.24) is 4.90 Å². The minimum atomic E-state index is -0.159. The number of benzene rings is 2. The highest BCUT2D eigenvalue weighted by Gasteiger charge is 2.12. The topological polar surface area (TPSA) is 70.7 Å². The third kappa shape index (κ3) is 8.32. The summed E-state index contributed by atoms with van der Waals surface area (Å²) in [6.07, 6.45) is 4.67. The smallest absolute Gasteiger partial charge is 0.253 e. The second kappa shape index (κ2) is 13.3. The first-order chi connectivity index (χ1) is 15.1. The summed E-state index contributed by atoms with van der Waals surface area (Å²) in [5.41, 5.74) is 2.11. The maximum atomic E-state index is 12.4. The van der Waals surface area contributed by atoms with Crippen LogP contribution in [0.4, 0.5) is 11.4 Å². The summed E-state index contributed by atoms with van der Waals surface area (Å²) < 4.78 is 5.79. The van der Waals surface area contributed by atoms with Gasteiger partial charge in [-0.25, -0.2) is 0 Å². The minimum Gasteiger partial charge on any atom is -0.494 e. The van der Waals surface area contributed by atoms with E-state index in [2.05, 4.69) is 17.6 Å². The Balaban J connectivity index is 1.80. The fourth-order valence-corrected chi connectivity index (χ4v) is 3.19. The van der Waals surface area contributed by atoms with Crippen LogP contribution in [0.1, 0.15) is 56.8 Å². The van der Waals surface area contributed by atoms with Gasteiger partial charge in [-0.05, 0) is 56.7 Å². The number of hydrogen-bond donors (Lipinski definition) is 2. The van der Waals surface area contributed by atoms with Gasteiger partial charge in [-0.2, -0.15) is 0 Å². The van der Waals surface area contributed by atoms with Crippen molar-refractivity contribution in [1.29, 1.82) is 0 Å². The molecule has 2 N–H and O–H groups in total. The lowest BCUT2D eigenvalue weighted by Crippen LogP contribution is -2.30. The van der Waals surface area contributed by atoms with E-state index < -0.39 is 0 Å². The summed E-state index contributed by atoms with van der Waals surface area (Å²) >= 11 is 0. The molecular formula is C25H35N3O3. The predicted octanol–water partition coefficient (Wildman–Crippen LogP) is 5.18. The van der Waals surface area contributed by atoms with Crippen molar-refractivity contribution in [3.8, 4) is 5.75 Å². The van der Waals surface area contributed by atoms with E-state index in [0.717, 1.165) is 17.9 Å². The van der Waals surface area contributed by atoms with Crippen LogP contribution in [0.3, 0.4) is 0 Å².